The second kappa shape index (κ2) is 7.11. The number of hydrazone groups is 1. The maximum Gasteiger partial charge on any atom is 0.271 e. The highest BCUT2D eigenvalue weighted by molar-refractivity contribution is 6.43. The molecule has 0 spiro atoms. The van der Waals surface area contributed by atoms with Gasteiger partial charge in [0.25, 0.3) is 5.91 Å². The molecular weight excluding hydrogens is 311 g/mol. The Morgan fingerprint density at radius 1 is 1.19 bits per heavy atom. The second-order valence-electron chi connectivity index (χ2n) is 4.07. The minimum atomic E-state index is -0.327. The van der Waals surface area contributed by atoms with Crippen LogP contribution in [0.5, 0.6) is 5.75 Å². The van der Waals surface area contributed by atoms with E-state index in [1.165, 1.54) is 6.21 Å². The summed E-state index contributed by atoms with van der Waals surface area (Å²) in [6.45, 7) is 0. The fourth-order valence-electron chi connectivity index (χ4n) is 1.59. The van der Waals surface area contributed by atoms with Crippen LogP contribution in [0.15, 0.2) is 47.6 Å². The first-order valence-corrected chi connectivity index (χ1v) is 6.79. The lowest BCUT2D eigenvalue weighted by atomic mass is 10.2. The van der Waals surface area contributed by atoms with Crippen LogP contribution in [0.1, 0.15) is 15.9 Å². The monoisotopic (exact) mass is 322 g/mol. The Bertz CT molecular complexity index is 670. The molecule has 0 unspecified atom stereocenters. The Morgan fingerprint density at radius 3 is 2.57 bits per heavy atom. The van der Waals surface area contributed by atoms with Crippen molar-refractivity contribution >= 4 is 35.3 Å². The van der Waals surface area contributed by atoms with E-state index in [2.05, 4.69) is 10.5 Å². The Morgan fingerprint density at radius 2 is 1.90 bits per heavy atom. The van der Waals surface area contributed by atoms with E-state index in [1.54, 1.807) is 49.6 Å². The Balaban J connectivity index is 2.03. The topological polar surface area (TPSA) is 50.7 Å². The fraction of sp³-hybridized carbons (Fsp3) is 0.0667. The van der Waals surface area contributed by atoms with Crippen LogP contribution in [0.25, 0.3) is 0 Å². The molecule has 108 valence electrons. The number of methoxy groups -OCH3 is 1. The molecule has 0 radical (unpaired) electrons. The first-order valence-electron chi connectivity index (χ1n) is 6.03. The standard InChI is InChI=1S/C15H12Cl2N2O2/c1-21-12-7-5-10(6-8-12)15(20)19-18-9-11-3-2-4-13(16)14(11)17/h2-9H,1H3,(H,19,20)/b18-9+. The van der Waals surface area contributed by atoms with E-state index < -0.39 is 0 Å². The van der Waals surface area contributed by atoms with Crippen LogP contribution in [-0.4, -0.2) is 19.2 Å². The Kier molecular flexibility index (Phi) is 5.20. The molecule has 2 rings (SSSR count). The maximum atomic E-state index is 11.9. The van der Waals surface area contributed by atoms with Gasteiger partial charge >= 0.3 is 0 Å². The number of carbonyl (C=O) groups is 1. The molecule has 0 aromatic heterocycles. The average Bonchev–Trinajstić information content (AvgIpc) is 2.51. The van der Waals surface area contributed by atoms with Gasteiger partial charge in [-0.2, -0.15) is 5.10 Å². The van der Waals surface area contributed by atoms with Crippen LogP contribution < -0.4 is 10.2 Å². The van der Waals surface area contributed by atoms with Crippen molar-refractivity contribution in [2.75, 3.05) is 7.11 Å². The lowest BCUT2D eigenvalue weighted by molar-refractivity contribution is 0.0955. The molecule has 1 N–H and O–H groups in total. The Hall–Kier alpha value is -2.04. The van der Waals surface area contributed by atoms with E-state index in [4.69, 9.17) is 27.9 Å². The van der Waals surface area contributed by atoms with Gasteiger partial charge in [0, 0.05) is 11.1 Å². The van der Waals surface area contributed by atoms with Crippen molar-refractivity contribution in [3.63, 3.8) is 0 Å². The van der Waals surface area contributed by atoms with Gasteiger partial charge in [0.1, 0.15) is 5.75 Å². The maximum absolute atomic E-state index is 11.9. The number of halogens is 2. The van der Waals surface area contributed by atoms with E-state index in [0.29, 0.717) is 26.9 Å². The summed E-state index contributed by atoms with van der Waals surface area (Å²) in [6, 6.07) is 11.9. The molecule has 1 amide bonds. The van der Waals surface area contributed by atoms with Gasteiger partial charge in [-0.15, -0.1) is 0 Å². The largest absolute Gasteiger partial charge is 0.497 e. The molecular formula is C15H12Cl2N2O2. The van der Waals surface area contributed by atoms with E-state index in [9.17, 15) is 4.79 Å². The molecule has 2 aromatic carbocycles. The van der Waals surface area contributed by atoms with Crippen LogP contribution in [-0.2, 0) is 0 Å². The summed E-state index contributed by atoms with van der Waals surface area (Å²) in [4.78, 5) is 11.9. The van der Waals surface area contributed by atoms with E-state index >= 15 is 0 Å². The molecule has 0 heterocycles. The van der Waals surface area contributed by atoms with Gasteiger partial charge in [-0.05, 0) is 30.3 Å². The van der Waals surface area contributed by atoms with Crippen LogP contribution in [0.4, 0.5) is 0 Å². The number of nitrogens with zero attached hydrogens (tertiary/aromatic N) is 1. The number of hydrogen-bond acceptors (Lipinski definition) is 3. The number of ether oxygens (including phenoxy) is 1. The normalized spacial score (nSPS) is 10.6. The minimum absolute atomic E-state index is 0.327. The molecule has 2 aromatic rings. The summed E-state index contributed by atoms with van der Waals surface area (Å²) in [5, 5.41) is 4.69. The van der Waals surface area contributed by atoms with Gasteiger partial charge in [-0.25, -0.2) is 5.43 Å². The van der Waals surface area contributed by atoms with Crippen LogP contribution in [0.3, 0.4) is 0 Å². The zero-order chi connectivity index (χ0) is 15.2. The fourth-order valence-corrected chi connectivity index (χ4v) is 1.94. The smallest absolute Gasteiger partial charge is 0.271 e. The highest BCUT2D eigenvalue weighted by Gasteiger charge is 2.05. The molecule has 0 aliphatic rings. The number of rotatable bonds is 4. The predicted octanol–water partition coefficient (Wildman–Crippen LogP) is 3.77. The molecule has 6 heteroatoms. The summed E-state index contributed by atoms with van der Waals surface area (Å²) in [5.41, 5.74) is 3.52. The number of carbonyl (C=O) groups excluding carboxylic acids is 1. The minimum Gasteiger partial charge on any atom is -0.497 e. The van der Waals surface area contributed by atoms with Gasteiger partial charge < -0.3 is 4.74 Å². The number of amides is 1. The molecule has 0 fully saturated rings. The van der Waals surface area contributed by atoms with E-state index in [1.807, 2.05) is 0 Å². The summed E-state index contributed by atoms with van der Waals surface area (Å²) in [6.07, 6.45) is 1.44. The molecule has 0 saturated heterocycles. The summed E-state index contributed by atoms with van der Waals surface area (Å²) >= 11 is 11.9. The third kappa shape index (κ3) is 3.97. The molecule has 0 aliphatic heterocycles. The third-order valence-corrected chi connectivity index (χ3v) is 3.54. The van der Waals surface area contributed by atoms with Crippen molar-refractivity contribution in [2.24, 2.45) is 5.10 Å². The van der Waals surface area contributed by atoms with E-state index in [-0.39, 0.29) is 5.91 Å². The molecule has 4 nitrogen and oxygen atoms in total. The quantitative estimate of drug-likeness (QED) is 0.688. The third-order valence-electron chi connectivity index (χ3n) is 2.70. The van der Waals surface area contributed by atoms with Crippen molar-refractivity contribution in [3.05, 3.63) is 63.6 Å². The molecule has 0 aliphatic carbocycles. The first-order chi connectivity index (χ1) is 10.1. The highest BCUT2D eigenvalue weighted by atomic mass is 35.5. The van der Waals surface area contributed by atoms with Crippen molar-refractivity contribution < 1.29 is 9.53 Å². The van der Waals surface area contributed by atoms with Gasteiger partial charge in [0.05, 0.1) is 23.4 Å². The predicted molar refractivity (Wildman–Crippen MR) is 84.5 cm³/mol. The molecule has 0 saturated carbocycles. The van der Waals surface area contributed by atoms with Crippen molar-refractivity contribution in [1.29, 1.82) is 0 Å². The van der Waals surface area contributed by atoms with E-state index in [0.717, 1.165) is 0 Å². The number of benzene rings is 2. The second-order valence-corrected chi connectivity index (χ2v) is 4.86. The van der Waals surface area contributed by atoms with Crippen LogP contribution >= 0.6 is 23.2 Å². The highest BCUT2D eigenvalue weighted by Crippen LogP contribution is 2.24. The van der Waals surface area contributed by atoms with Gasteiger partial charge in [-0.1, -0.05) is 35.3 Å². The van der Waals surface area contributed by atoms with Crippen molar-refractivity contribution in [3.8, 4) is 5.75 Å². The lowest BCUT2D eigenvalue weighted by Crippen LogP contribution is -2.17. The lowest BCUT2D eigenvalue weighted by Gasteiger charge is -2.02. The molecule has 0 atom stereocenters. The zero-order valence-corrected chi connectivity index (χ0v) is 12.7. The van der Waals surface area contributed by atoms with Crippen LogP contribution in [0, 0.1) is 0 Å². The van der Waals surface area contributed by atoms with Crippen molar-refractivity contribution in [1.82, 2.24) is 5.43 Å². The first kappa shape index (κ1) is 15.4. The Labute approximate surface area is 132 Å². The van der Waals surface area contributed by atoms with Gasteiger partial charge in [0.15, 0.2) is 0 Å². The molecule has 0 bridgehead atoms. The number of hydrogen-bond donors (Lipinski definition) is 1. The summed E-state index contributed by atoms with van der Waals surface area (Å²) in [5.74, 6) is 0.354. The van der Waals surface area contributed by atoms with Gasteiger partial charge in [0.2, 0.25) is 0 Å². The summed E-state index contributed by atoms with van der Waals surface area (Å²) < 4.78 is 5.02. The summed E-state index contributed by atoms with van der Waals surface area (Å²) in [7, 11) is 1.56. The molecule has 21 heavy (non-hydrogen) atoms. The zero-order valence-electron chi connectivity index (χ0n) is 11.1. The van der Waals surface area contributed by atoms with Gasteiger partial charge in [-0.3, -0.25) is 4.79 Å². The average molecular weight is 323 g/mol. The van der Waals surface area contributed by atoms with Crippen LogP contribution in [0.2, 0.25) is 10.0 Å². The number of nitrogens with one attached hydrogen (secondary N) is 1. The SMILES string of the molecule is COc1ccc(C(=O)N/N=C/c2cccc(Cl)c2Cl)cc1. The van der Waals surface area contributed by atoms with Crippen molar-refractivity contribution in [2.45, 2.75) is 0 Å².